The Kier molecular flexibility index (Phi) is 4.64. The Bertz CT molecular complexity index is 956. The van der Waals surface area contributed by atoms with E-state index >= 15 is 0 Å². The van der Waals surface area contributed by atoms with Crippen molar-refractivity contribution in [1.29, 1.82) is 0 Å². The first-order valence-corrected chi connectivity index (χ1v) is 9.42. The maximum absolute atomic E-state index is 13.2. The number of para-hydroxylation sites is 1. The van der Waals surface area contributed by atoms with Crippen molar-refractivity contribution in [2.75, 3.05) is 13.2 Å². The third-order valence-corrected chi connectivity index (χ3v) is 5.89. The number of rotatable bonds is 4. The highest BCUT2D eigenvalue weighted by Gasteiger charge is 2.24. The Balaban J connectivity index is 1.76. The molecule has 1 aliphatic heterocycles. The van der Waals surface area contributed by atoms with Gasteiger partial charge in [-0.15, -0.1) is 5.10 Å². The Morgan fingerprint density at radius 2 is 1.92 bits per heavy atom. The molecule has 1 fully saturated rings. The zero-order valence-electron chi connectivity index (χ0n) is 14.7. The van der Waals surface area contributed by atoms with Crippen LogP contribution in [0.3, 0.4) is 0 Å². The van der Waals surface area contributed by atoms with E-state index in [4.69, 9.17) is 4.74 Å². The summed E-state index contributed by atoms with van der Waals surface area (Å²) in [5, 5.41) is 13.1. The molecule has 0 unspecified atom stereocenters. The van der Waals surface area contributed by atoms with E-state index in [1.54, 1.807) is 21.1 Å². The van der Waals surface area contributed by atoms with Crippen LogP contribution < -0.4 is 5.56 Å². The van der Waals surface area contributed by atoms with E-state index in [2.05, 4.69) is 15.5 Å². The highest BCUT2D eigenvalue weighted by Crippen LogP contribution is 2.29. The van der Waals surface area contributed by atoms with E-state index < -0.39 is 0 Å². The summed E-state index contributed by atoms with van der Waals surface area (Å²) in [5.74, 6) is 0. The molecule has 3 heterocycles. The van der Waals surface area contributed by atoms with Crippen LogP contribution in [-0.2, 0) is 11.8 Å². The van der Waals surface area contributed by atoms with Crippen LogP contribution in [0.25, 0.3) is 11.4 Å². The minimum atomic E-state index is -0.141. The van der Waals surface area contributed by atoms with Gasteiger partial charge in [-0.3, -0.25) is 9.48 Å². The van der Waals surface area contributed by atoms with Crippen molar-refractivity contribution >= 4 is 11.8 Å². The van der Waals surface area contributed by atoms with Crippen LogP contribution >= 0.6 is 11.8 Å². The summed E-state index contributed by atoms with van der Waals surface area (Å²) in [5.41, 5.74) is 1.95. The SMILES string of the molecule is Cc1c(-n2nnnc2SC2CCOCC2)c(=O)n(-c2ccccc2)n1C. The van der Waals surface area contributed by atoms with Gasteiger partial charge in [-0.1, -0.05) is 30.0 Å². The van der Waals surface area contributed by atoms with Crippen molar-refractivity contribution in [2.24, 2.45) is 7.05 Å². The molecule has 9 heteroatoms. The molecule has 0 atom stereocenters. The number of tetrazole rings is 1. The van der Waals surface area contributed by atoms with Gasteiger partial charge in [0.15, 0.2) is 5.69 Å². The second-order valence-electron chi connectivity index (χ2n) is 6.21. The fourth-order valence-corrected chi connectivity index (χ4v) is 4.17. The average molecular weight is 372 g/mol. The van der Waals surface area contributed by atoms with E-state index in [0.717, 1.165) is 37.4 Å². The second-order valence-corrected chi connectivity index (χ2v) is 7.48. The van der Waals surface area contributed by atoms with Gasteiger partial charge in [-0.25, -0.2) is 4.68 Å². The third kappa shape index (κ3) is 2.97. The van der Waals surface area contributed by atoms with Gasteiger partial charge >= 0.3 is 0 Å². The van der Waals surface area contributed by atoms with Crippen LogP contribution in [0.4, 0.5) is 0 Å². The summed E-state index contributed by atoms with van der Waals surface area (Å²) in [6.45, 7) is 3.41. The van der Waals surface area contributed by atoms with Crippen LogP contribution in [0.5, 0.6) is 0 Å². The summed E-state index contributed by atoms with van der Waals surface area (Å²) < 4.78 is 10.4. The first-order chi connectivity index (χ1) is 12.7. The Labute approximate surface area is 154 Å². The van der Waals surface area contributed by atoms with Gasteiger partial charge in [0.25, 0.3) is 5.56 Å². The van der Waals surface area contributed by atoms with Gasteiger partial charge in [-0.05, 0) is 42.3 Å². The Hall–Kier alpha value is -2.39. The maximum atomic E-state index is 13.2. The molecular formula is C17H20N6O2S. The average Bonchev–Trinajstić information content (AvgIpc) is 3.19. The lowest BCUT2D eigenvalue weighted by Gasteiger charge is -2.20. The number of ether oxygens (including phenoxy) is 1. The van der Waals surface area contributed by atoms with Crippen molar-refractivity contribution in [3.8, 4) is 11.4 Å². The summed E-state index contributed by atoms with van der Waals surface area (Å²) >= 11 is 1.61. The minimum absolute atomic E-state index is 0.141. The smallest absolute Gasteiger partial charge is 0.297 e. The number of aromatic nitrogens is 6. The fraction of sp³-hybridized carbons (Fsp3) is 0.412. The molecule has 136 valence electrons. The molecule has 1 aromatic carbocycles. The molecule has 0 bridgehead atoms. The van der Waals surface area contributed by atoms with Crippen LogP contribution in [0.2, 0.25) is 0 Å². The number of hydrogen-bond donors (Lipinski definition) is 0. The number of thioether (sulfide) groups is 1. The molecule has 8 nitrogen and oxygen atoms in total. The third-order valence-electron chi connectivity index (χ3n) is 4.62. The first-order valence-electron chi connectivity index (χ1n) is 8.54. The summed E-state index contributed by atoms with van der Waals surface area (Å²) in [4.78, 5) is 13.2. The lowest BCUT2D eigenvalue weighted by molar-refractivity contribution is 0.0999. The topological polar surface area (TPSA) is 79.8 Å². The van der Waals surface area contributed by atoms with Crippen molar-refractivity contribution in [3.63, 3.8) is 0 Å². The summed E-state index contributed by atoms with van der Waals surface area (Å²) in [7, 11) is 1.86. The molecule has 1 saturated heterocycles. The molecule has 1 aliphatic rings. The second kappa shape index (κ2) is 7.08. The predicted octanol–water partition coefficient (Wildman–Crippen LogP) is 1.73. The Morgan fingerprint density at radius 3 is 2.65 bits per heavy atom. The minimum Gasteiger partial charge on any atom is -0.381 e. The lowest BCUT2D eigenvalue weighted by Crippen LogP contribution is -2.22. The number of benzene rings is 1. The molecule has 0 aliphatic carbocycles. The van der Waals surface area contributed by atoms with E-state index in [9.17, 15) is 4.79 Å². The van der Waals surface area contributed by atoms with Crippen LogP contribution in [-0.4, -0.2) is 48.0 Å². The highest BCUT2D eigenvalue weighted by atomic mass is 32.2. The van der Waals surface area contributed by atoms with Crippen molar-refractivity contribution in [2.45, 2.75) is 30.2 Å². The molecule has 0 spiro atoms. The number of hydrogen-bond acceptors (Lipinski definition) is 6. The van der Waals surface area contributed by atoms with Gasteiger partial charge in [0.05, 0.1) is 11.4 Å². The van der Waals surface area contributed by atoms with Crippen molar-refractivity contribution in [1.82, 2.24) is 29.6 Å². The maximum Gasteiger partial charge on any atom is 0.297 e. The molecule has 0 saturated carbocycles. The Morgan fingerprint density at radius 1 is 1.19 bits per heavy atom. The van der Waals surface area contributed by atoms with Crippen molar-refractivity contribution in [3.05, 3.63) is 46.4 Å². The van der Waals surface area contributed by atoms with Crippen LogP contribution in [0, 0.1) is 6.92 Å². The largest absolute Gasteiger partial charge is 0.381 e. The van der Waals surface area contributed by atoms with E-state index in [1.807, 2.05) is 49.0 Å². The first kappa shape index (κ1) is 17.0. The summed E-state index contributed by atoms with van der Waals surface area (Å²) in [6.07, 6.45) is 1.92. The fourth-order valence-electron chi connectivity index (χ4n) is 3.13. The lowest BCUT2D eigenvalue weighted by atomic mass is 10.2. The zero-order chi connectivity index (χ0) is 18.1. The van der Waals surface area contributed by atoms with Gasteiger partial charge in [0.2, 0.25) is 5.16 Å². The molecule has 2 aromatic heterocycles. The van der Waals surface area contributed by atoms with Crippen LogP contribution in [0.1, 0.15) is 18.5 Å². The molecule has 0 amide bonds. The molecular weight excluding hydrogens is 352 g/mol. The van der Waals surface area contributed by atoms with Crippen molar-refractivity contribution < 1.29 is 4.74 Å². The normalized spacial score (nSPS) is 15.5. The highest BCUT2D eigenvalue weighted by molar-refractivity contribution is 7.99. The predicted molar refractivity (Wildman–Crippen MR) is 98.2 cm³/mol. The molecule has 0 radical (unpaired) electrons. The van der Waals surface area contributed by atoms with E-state index in [-0.39, 0.29) is 5.56 Å². The number of nitrogens with zero attached hydrogens (tertiary/aromatic N) is 6. The molecule has 0 N–H and O–H groups in total. The standard InChI is InChI=1S/C17H20N6O2S/c1-12-15(16(24)23(21(12)2)13-6-4-3-5-7-13)22-17(18-19-20-22)26-14-8-10-25-11-9-14/h3-7,14H,8-11H2,1-2H3. The van der Waals surface area contributed by atoms with E-state index in [0.29, 0.717) is 16.1 Å². The van der Waals surface area contributed by atoms with Crippen LogP contribution in [0.15, 0.2) is 40.3 Å². The monoisotopic (exact) mass is 372 g/mol. The van der Waals surface area contributed by atoms with Gasteiger partial charge < -0.3 is 4.74 Å². The van der Waals surface area contributed by atoms with Gasteiger partial charge in [0.1, 0.15) is 0 Å². The van der Waals surface area contributed by atoms with Gasteiger partial charge in [0, 0.05) is 25.5 Å². The van der Waals surface area contributed by atoms with Gasteiger partial charge in [-0.2, -0.15) is 4.68 Å². The zero-order valence-corrected chi connectivity index (χ0v) is 15.5. The molecule has 4 rings (SSSR count). The van der Waals surface area contributed by atoms with E-state index in [1.165, 1.54) is 0 Å². The molecule has 3 aromatic rings. The summed E-state index contributed by atoms with van der Waals surface area (Å²) in [6, 6.07) is 9.56. The molecule has 26 heavy (non-hydrogen) atoms. The quantitative estimate of drug-likeness (QED) is 0.694.